The van der Waals surface area contributed by atoms with E-state index in [-0.39, 0.29) is 17.7 Å². The van der Waals surface area contributed by atoms with Gasteiger partial charge in [-0.1, -0.05) is 12.1 Å². The van der Waals surface area contributed by atoms with Gasteiger partial charge in [-0.15, -0.1) is 0 Å². The van der Waals surface area contributed by atoms with Crippen LogP contribution < -0.4 is 5.32 Å². The molecule has 2 amide bonds. The Bertz CT molecular complexity index is 1070. The van der Waals surface area contributed by atoms with Gasteiger partial charge in [0.05, 0.1) is 17.8 Å². The monoisotopic (exact) mass is 415 g/mol. The Hall–Kier alpha value is -3.61. The second kappa shape index (κ2) is 9.47. The SMILES string of the molecule is CC(=O)Nc1cccc(-c2nccnc2[C@@H]2CCCN(C(=O)Cc3ccncc3)C2)c1. The Balaban J connectivity index is 1.55. The summed E-state index contributed by atoms with van der Waals surface area (Å²) in [5.74, 6) is 0.115. The quantitative estimate of drug-likeness (QED) is 0.690. The van der Waals surface area contributed by atoms with E-state index in [2.05, 4.69) is 20.3 Å². The van der Waals surface area contributed by atoms with E-state index < -0.39 is 0 Å². The van der Waals surface area contributed by atoms with Gasteiger partial charge in [0, 0.05) is 62.0 Å². The Kier molecular flexibility index (Phi) is 6.31. The van der Waals surface area contributed by atoms with Gasteiger partial charge in [-0.05, 0) is 42.7 Å². The van der Waals surface area contributed by atoms with Crippen molar-refractivity contribution in [2.45, 2.75) is 32.1 Å². The number of hydrogen-bond acceptors (Lipinski definition) is 5. The lowest BCUT2D eigenvalue weighted by atomic mass is 9.91. The number of aromatic nitrogens is 3. The summed E-state index contributed by atoms with van der Waals surface area (Å²) in [7, 11) is 0. The van der Waals surface area contributed by atoms with Gasteiger partial charge >= 0.3 is 0 Å². The van der Waals surface area contributed by atoms with Gasteiger partial charge in [-0.25, -0.2) is 0 Å². The number of hydrogen-bond donors (Lipinski definition) is 1. The molecule has 0 spiro atoms. The van der Waals surface area contributed by atoms with Crippen molar-refractivity contribution in [1.29, 1.82) is 0 Å². The number of likely N-dealkylation sites (tertiary alicyclic amines) is 1. The summed E-state index contributed by atoms with van der Waals surface area (Å²) in [6, 6.07) is 11.4. The average Bonchev–Trinajstić information content (AvgIpc) is 2.79. The first kappa shape index (κ1) is 20.7. The van der Waals surface area contributed by atoms with Crippen molar-refractivity contribution in [2.75, 3.05) is 18.4 Å². The Labute approximate surface area is 181 Å². The molecule has 0 aliphatic carbocycles. The number of benzene rings is 1. The first-order valence-electron chi connectivity index (χ1n) is 10.5. The topological polar surface area (TPSA) is 88.1 Å². The Morgan fingerprint density at radius 2 is 1.90 bits per heavy atom. The van der Waals surface area contributed by atoms with E-state index in [4.69, 9.17) is 0 Å². The molecule has 1 N–H and O–H groups in total. The highest BCUT2D eigenvalue weighted by molar-refractivity contribution is 5.89. The van der Waals surface area contributed by atoms with E-state index in [9.17, 15) is 9.59 Å². The van der Waals surface area contributed by atoms with Gasteiger partial charge in [0.1, 0.15) is 0 Å². The molecule has 0 unspecified atom stereocenters. The molecule has 1 fully saturated rings. The van der Waals surface area contributed by atoms with Crippen molar-refractivity contribution >= 4 is 17.5 Å². The van der Waals surface area contributed by atoms with Crippen molar-refractivity contribution in [1.82, 2.24) is 19.9 Å². The molecule has 1 aliphatic rings. The number of anilines is 1. The maximum absolute atomic E-state index is 12.9. The first-order chi connectivity index (χ1) is 15.1. The lowest BCUT2D eigenvalue weighted by Gasteiger charge is -2.33. The van der Waals surface area contributed by atoms with E-state index in [1.54, 1.807) is 24.8 Å². The van der Waals surface area contributed by atoms with Crippen LogP contribution in [0.15, 0.2) is 61.2 Å². The molecule has 3 heterocycles. The molecular formula is C24H25N5O2. The fourth-order valence-corrected chi connectivity index (χ4v) is 4.03. The zero-order chi connectivity index (χ0) is 21.6. The number of nitrogens with zero attached hydrogens (tertiary/aromatic N) is 4. The molecule has 31 heavy (non-hydrogen) atoms. The number of amides is 2. The van der Waals surface area contributed by atoms with Crippen LogP contribution in [0.1, 0.15) is 36.9 Å². The van der Waals surface area contributed by atoms with Crippen LogP contribution in [-0.4, -0.2) is 44.8 Å². The normalized spacial score (nSPS) is 16.0. The van der Waals surface area contributed by atoms with E-state index in [0.717, 1.165) is 47.6 Å². The van der Waals surface area contributed by atoms with E-state index in [0.29, 0.717) is 13.0 Å². The lowest BCUT2D eigenvalue weighted by molar-refractivity contribution is -0.131. The number of carbonyl (C=O) groups is 2. The van der Waals surface area contributed by atoms with Crippen LogP contribution in [0.3, 0.4) is 0 Å². The fourth-order valence-electron chi connectivity index (χ4n) is 4.03. The molecule has 1 atom stereocenters. The standard InChI is InChI=1S/C24H25N5O2/c1-17(30)28-21-6-2-4-19(15-21)23-24(27-12-11-26-23)20-5-3-13-29(16-20)22(31)14-18-7-9-25-10-8-18/h2,4,6-12,15,20H,3,5,13-14,16H2,1H3,(H,28,30)/t20-/m1/s1. The number of piperidine rings is 1. The van der Waals surface area contributed by atoms with Crippen LogP contribution in [0.4, 0.5) is 5.69 Å². The van der Waals surface area contributed by atoms with Crippen molar-refractivity contribution in [3.05, 3.63) is 72.4 Å². The highest BCUT2D eigenvalue weighted by Gasteiger charge is 2.28. The number of carbonyl (C=O) groups excluding carboxylic acids is 2. The summed E-state index contributed by atoms with van der Waals surface area (Å²) in [5, 5.41) is 2.81. The van der Waals surface area contributed by atoms with E-state index >= 15 is 0 Å². The molecule has 7 nitrogen and oxygen atoms in total. The minimum absolute atomic E-state index is 0.114. The predicted octanol–water partition coefficient (Wildman–Crippen LogP) is 3.45. The van der Waals surface area contributed by atoms with Crippen LogP contribution in [0.5, 0.6) is 0 Å². The fraction of sp³-hybridized carbons (Fsp3) is 0.292. The minimum Gasteiger partial charge on any atom is -0.342 e. The second-order valence-corrected chi connectivity index (χ2v) is 7.76. The summed E-state index contributed by atoms with van der Waals surface area (Å²) in [6.45, 7) is 2.87. The molecule has 0 bridgehead atoms. The van der Waals surface area contributed by atoms with Crippen molar-refractivity contribution in [2.24, 2.45) is 0 Å². The molecule has 1 aliphatic heterocycles. The Morgan fingerprint density at radius 1 is 1.10 bits per heavy atom. The number of nitrogens with one attached hydrogen (secondary N) is 1. The number of rotatable bonds is 5. The molecule has 1 aromatic carbocycles. The Morgan fingerprint density at radius 3 is 2.71 bits per heavy atom. The summed E-state index contributed by atoms with van der Waals surface area (Å²) in [4.78, 5) is 39.5. The summed E-state index contributed by atoms with van der Waals surface area (Å²) in [5.41, 5.74) is 4.28. The van der Waals surface area contributed by atoms with Gasteiger partial charge in [0.15, 0.2) is 0 Å². The largest absolute Gasteiger partial charge is 0.342 e. The van der Waals surface area contributed by atoms with Gasteiger partial charge < -0.3 is 10.2 Å². The number of pyridine rings is 1. The van der Waals surface area contributed by atoms with Crippen molar-refractivity contribution in [3.63, 3.8) is 0 Å². The van der Waals surface area contributed by atoms with Crippen LogP contribution in [0, 0.1) is 0 Å². The first-order valence-corrected chi connectivity index (χ1v) is 10.5. The average molecular weight is 415 g/mol. The van der Waals surface area contributed by atoms with Gasteiger partial charge in [-0.3, -0.25) is 24.5 Å². The molecule has 0 radical (unpaired) electrons. The molecule has 4 rings (SSSR count). The van der Waals surface area contributed by atoms with Crippen LogP contribution in [-0.2, 0) is 16.0 Å². The van der Waals surface area contributed by atoms with E-state index in [1.165, 1.54) is 6.92 Å². The zero-order valence-electron chi connectivity index (χ0n) is 17.5. The molecule has 7 heteroatoms. The van der Waals surface area contributed by atoms with Crippen molar-refractivity contribution < 1.29 is 9.59 Å². The van der Waals surface area contributed by atoms with Crippen LogP contribution >= 0.6 is 0 Å². The highest BCUT2D eigenvalue weighted by atomic mass is 16.2. The molecule has 0 saturated carbocycles. The van der Waals surface area contributed by atoms with E-state index in [1.807, 2.05) is 41.3 Å². The molecule has 2 aromatic heterocycles. The maximum Gasteiger partial charge on any atom is 0.227 e. The molecule has 1 saturated heterocycles. The molecule has 3 aromatic rings. The van der Waals surface area contributed by atoms with Gasteiger partial charge in [-0.2, -0.15) is 0 Å². The van der Waals surface area contributed by atoms with Crippen LogP contribution in [0.2, 0.25) is 0 Å². The van der Waals surface area contributed by atoms with Crippen molar-refractivity contribution in [3.8, 4) is 11.3 Å². The predicted molar refractivity (Wildman–Crippen MR) is 118 cm³/mol. The third-order valence-corrected chi connectivity index (χ3v) is 5.45. The van der Waals surface area contributed by atoms with Gasteiger partial charge in [0.2, 0.25) is 11.8 Å². The summed E-state index contributed by atoms with van der Waals surface area (Å²) < 4.78 is 0. The third-order valence-electron chi connectivity index (χ3n) is 5.45. The minimum atomic E-state index is -0.118. The zero-order valence-corrected chi connectivity index (χ0v) is 17.5. The highest BCUT2D eigenvalue weighted by Crippen LogP contribution is 2.32. The smallest absolute Gasteiger partial charge is 0.227 e. The van der Waals surface area contributed by atoms with Crippen LogP contribution in [0.25, 0.3) is 11.3 Å². The summed E-state index contributed by atoms with van der Waals surface area (Å²) >= 11 is 0. The molecular weight excluding hydrogens is 390 g/mol. The van der Waals surface area contributed by atoms with Gasteiger partial charge in [0.25, 0.3) is 0 Å². The molecule has 158 valence electrons. The second-order valence-electron chi connectivity index (χ2n) is 7.76. The third kappa shape index (κ3) is 5.12. The lowest BCUT2D eigenvalue weighted by Crippen LogP contribution is -2.40. The summed E-state index contributed by atoms with van der Waals surface area (Å²) in [6.07, 6.45) is 9.06. The maximum atomic E-state index is 12.9.